The van der Waals surface area contributed by atoms with Gasteiger partial charge in [0.2, 0.25) is 0 Å². The number of hydrogen-bond donors (Lipinski definition) is 1. The van der Waals surface area contributed by atoms with E-state index >= 15 is 0 Å². The molecule has 1 aromatic carbocycles. The maximum absolute atomic E-state index is 11.1. The zero-order chi connectivity index (χ0) is 16.9. The highest BCUT2D eigenvalue weighted by Gasteiger charge is 2.27. The van der Waals surface area contributed by atoms with Gasteiger partial charge in [-0.15, -0.1) is 6.58 Å². The summed E-state index contributed by atoms with van der Waals surface area (Å²) in [6.07, 6.45) is 12.2. The average molecular weight is 326 g/mol. The van der Waals surface area contributed by atoms with Gasteiger partial charge in [0, 0.05) is 0 Å². The maximum Gasteiger partial charge on any atom is 0.306 e. The predicted molar refractivity (Wildman–Crippen MR) is 98.3 cm³/mol. The van der Waals surface area contributed by atoms with Crippen LogP contribution in [-0.4, -0.2) is 11.1 Å². The van der Waals surface area contributed by atoms with Crippen LogP contribution in [0.4, 0.5) is 0 Å². The van der Waals surface area contributed by atoms with Gasteiger partial charge in [0.1, 0.15) is 0 Å². The molecule has 0 bridgehead atoms. The summed E-state index contributed by atoms with van der Waals surface area (Å²) in [4.78, 5) is 11.1. The molecule has 0 radical (unpaired) electrons. The van der Waals surface area contributed by atoms with Gasteiger partial charge in [-0.25, -0.2) is 0 Å². The van der Waals surface area contributed by atoms with Crippen molar-refractivity contribution in [2.45, 2.75) is 69.6 Å². The SMILES string of the molecule is C=CCC1CCC(c2ccc(C3CCC(C(=O)O)CC3)cc2)CC1. The second kappa shape index (κ2) is 8.00. The van der Waals surface area contributed by atoms with Crippen LogP contribution >= 0.6 is 0 Å². The molecule has 0 amide bonds. The summed E-state index contributed by atoms with van der Waals surface area (Å²) in [5.74, 6) is 1.39. The summed E-state index contributed by atoms with van der Waals surface area (Å²) in [5, 5.41) is 9.12. The Morgan fingerprint density at radius 2 is 1.38 bits per heavy atom. The minimum Gasteiger partial charge on any atom is -0.481 e. The molecule has 0 unspecified atom stereocenters. The van der Waals surface area contributed by atoms with Crippen LogP contribution in [-0.2, 0) is 4.79 Å². The number of carbonyl (C=O) groups is 1. The fourth-order valence-electron chi connectivity index (χ4n) is 4.68. The van der Waals surface area contributed by atoms with E-state index in [0.29, 0.717) is 5.92 Å². The number of allylic oxidation sites excluding steroid dienone is 1. The van der Waals surface area contributed by atoms with Crippen molar-refractivity contribution in [3.63, 3.8) is 0 Å². The van der Waals surface area contributed by atoms with E-state index in [4.69, 9.17) is 5.11 Å². The minimum atomic E-state index is -0.615. The van der Waals surface area contributed by atoms with E-state index in [1.54, 1.807) is 0 Å². The Hall–Kier alpha value is -1.57. The van der Waals surface area contributed by atoms with Gasteiger partial charge in [0.15, 0.2) is 0 Å². The van der Waals surface area contributed by atoms with Crippen molar-refractivity contribution in [3.8, 4) is 0 Å². The third-order valence-corrected chi connectivity index (χ3v) is 6.30. The first kappa shape index (κ1) is 17.3. The Bertz CT molecular complexity index is 544. The normalized spacial score (nSPS) is 30.7. The highest BCUT2D eigenvalue weighted by molar-refractivity contribution is 5.70. The standard InChI is InChI=1S/C22H30O2/c1-2-3-16-4-6-17(7-5-16)18-8-10-19(11-9-18)20-12-14-21(15-13-20)22(23)24/h2,8-11,16-17,20-21H,1,3-7,12-15H2,(H,23,24). The number of benzene rings is 1. The molecule has 1 aromatic rings. The molecular weight excluding hydrogens is 296 g/mol. The van der Waals surface area contributed by atoms with Crippen molar-refractivity contribution >= 4 is 5.97 Å². The van der Waals surface area contributed by atoms with Crippen LogP contribution in [0, 0.1) is 11.8 Å². The second-order valence-electron chi connectivity index (χ2n) is 7.80. The molecule has 0 aromatic heterocycles. The summed E-state index contributed by atoms with van der Waals surface area (Å²) in [6.45, 7) is 3.87. The molecule has 0 spiro atoms. The first-order valence-electron chi connectivity index (χ1n) is 9.61. The molecule has 2 aliphatic carbocycles. The molecule has 2 saturated carbocycles. The molecule has 130 valence electrons. The van der Waals surface area contributed by atoms with Gasteiger partial charge in [0.25, 0.3) is 0 Å². The topological polar surface area (TPSA) is 37.3 Å². The summed E-state index contributed by atoms with van der Waals surface area (Å²) in [7, 11) is 0. The fraction of sp³-hybridized carbons (Fsp3) is 0.591. The van der Waals surface area contributed by atoms with Crippen LogP contribution in [0.2, 0.25) is 0 Å². The molecule has 2 fully saturated rings. The van der Waals surface area contributed by atoms with Gasteiger partial charge in [-0.05, 0) is 86.7 Å². The molecule has 24 heavy (non-hydrogen) atoms. The molecule has 0 saturated heterocycles. The monoisotopic (exact) mass is 326 g/mol. The van der Waals surface area contributed by atoms with Crippen molar-refractivity contribution in [1.29, 1.82) is 0 Å². The van der Waals surface area contributed by atoms with Crippen LogP contribution in [0.3, 0.4) is 0 Å². The first-order chi connectivity index (χ1) is 11.7. The van der Waals surface area contributed by atoms with Crippen LogP contribution < -0.4 is 0 Å². The fourth-order valence-corrected chi connectivity index (χ4v) is 4.68. The zero-order valence-corrected chi connectivity index (χ0v) is 14.6. The lowest BCUT2D eigenvalue weighted by molar-refractivity contribution is -0.142. The van der Waals surface area contributed by atoms with Crippen LogP contribution in [0.1, 0.15) is 80.8 Å². The van der Waals surface area contributed by atoms with Crippen molar-refractivity contribution in [2.75, 3.05) is 0 Å². The molecular formula is C22H30O2. The maximum atomic E-state index is 11.1. The Morgan fingerprint density at radius 3 is 1.79 bits per heavy atom. The Kier molecular flexibility index (Phi) is 5.76. The molecule has 2 heteroatoms. The average Bonchev–Trinajstić information content (AvgIpc) is 2.63. The summed E-state index contributed by atoms with van der Waals surface area (Å²) in [6, 6.07) is 9.27. The van der Waals surface area contributed by atoms with Crippen molar-refractivity contribution in [1.82, 2.24) is 0 Å². The van der Waals surface area contributed by atoms with E-state index in [-0.39, 0.29) is 5.92 Å². The number of aliphatic carboxylic acids is 1. The molecule has 0 heterocycles. The van der Waals surface area contributed by atoms with Gasteiger partial charge in [-0.3, -0.25) is 4.79 Å². The molecule has 3 rings (SSSR count). The van der Waals surface area contributed by atoms with E-state index in [9.17, 15) is 4.79 Å². The molecule has 2 aliphatic rings. The summed E-state index contributed by atoms with van der Waals surface area (Å²) in [5.41, 5.74) is 2.90. The number of rotatable bonds is 5. The number of carboxylic acid groups (broad SMARTS) is 1. The lowest BCUT2D eigenvalue weighted by Gasteiger charge is -2.29. The van der Waals surface area contributed by atoms with Crippen molar-refractivity contribution < 1.29 is 9.90 Å². The Labute approximate surface area is 146 Å². The van der Waals surface area contributed by atoms with Gasteiger partial charge < -0.3 is 5.11 Å². The second-order valence-corrected chi connectivity index (χ2v) is 7.80. The van der Waals surface area contributed by atoms with Gasteiger partial charge >= 0.3 is 5.97 Å². The van der Waals surface area contributed by atoms with Gasteiger partial charge in [0.05, 0.1) is 5.92 Å². The third-order valence-electron chi connectivity index (χ3n) is 6.30. The minimum absolute atomic E-state index is 0.119. The molecule has 1 N–H and O–H groups in total. The first-order valence-corrected chi connectivity index (χ1v) is 9.61. The Balaban J connectivity index is 1.54. The van der Waals surface area contributed by atoms with Gasteiger partial charge in [-0.1, -0.05) is 30.3 Å². The molecule has 0 atom stereocenters. The van der Waals surface area contributed by atoms with E-state index in [2.05, 4.69) is 36.9 Å². The highest BCUT2D eigenvalue weighted by atomic mass is 16.4. The van der Waals surface area contributed by atoms with Crippen molar-refractivity contribution in [2.24, 2.45) is 11.8 Å². The highest BCUT2D eigenvalue weighted by Crippen LogP contribution is 2.39. The Morgan fingerprint density at radius 1 is 0.917 bits per heavy atom. The van der Waals surface area contributed by atoms with E-state index in [1.165, 1.54) is 43.2 Å². The number of hydrogen-bond acceptors (Lipinski definition) is 1. The zero-order valence-electron chi connectivity index (χ0n) is 14.6. The quantitative estimate of drug-likeness (QED) is 0.684. The summed E-state index contributed by atoms with van der Waals surface area (Å²) >= 11 is 0. The van der Waals surface area contributed by atoms with E-state index < -0.39 is 5.97 Å². The molecule has 2 nitrogen and oxygen atoms in total. The lowest BCUT2D eigenvalue weighted by atomic mass is 9.76. The van der Waals surface area contributed by atoms with Crippen molar-refractivity contribution in [3.05, 3.63) is 48.0 Å². The van der Waals surface area contributed by atoms with E-state index in [1.807, 2.05) is 0 Å². The predicted octanol–water partition coefficient (Wildman–Crippen LogP) is 5.89. The lowest BCUT2D eigenvalue weighted by Crippen LogP contribution is -2.20. The summed E-state index contributed by atoms with van der Waals surface area (Å²) < 4.78 is 0. The van der Waals surface area contributed by atoms with E-state index in [0.717, 1.165) is 37.5 Å². The van der Waals surface area contributed by atoms with Crippen LogP contribution in [0.25, 0.3) is 0 Å². The van der Waals surface area contributed by atoms with Crippen LogP contribution in [0.15, 0.2) is 36.9 Å². The number of carboxylic acids is 1. The largest absolute Gasteiger partial charge is 0.481 e. The third kappa shape index (κ3) is 4.09. The van der Waals surface area contributed by atoms with Gasteiger partial charge in [-0.2, -0.15) is 0 Å². The van der Waals surface area contributed by atoms with Crippen LogP contribution in [0.5, 0.6) is 0 Å². The molecule has 0 aliphatic heterocycles. The smallest absolute Gasteiger partial charge is 0.306 e.